The highest BCUT2D eigenvalue weighted by Crippen LogP contribution is 2.26. The molecule has 10 heteroatoms. The number of aryl methyl sites for hydroxylation is 1. The number of benzene rings is 1. The van der Waals surface area contributed by atoms with E-state index in [1.54, 1.807) is 52.2 Å². The summed E-state index contributed by atoms with van der Waals surface area (Å²) >= 11 is 0. The van der Waals surface area contributed by atoms with E-state index in [2.05, 4.69) is 10.4 Å². The van der Waals surface area contributed by atoms with Gasteiger partial charge in [-0.1, -0.05) is 6.42 Å². The van der Waals surface area contributed by atoms with Crippen LogP contribution in [0.15, 0.2) is 29.2 Å². The van der Waals surface area contributed by atoms with E-state index in [0.717, 1.165) is 19.3 Å². The van der Waals surface area contributed by atoms with Gasteiger partial charge in [-0.3, -0.25) is 14.3 Å². The van der Waals surface area contributed by atoms with Crippen molar-refractivity contribution in [1.29, 1.82) is 0 Å². The molecule has 0 radical (unpaired) electrons. The first-order chi connectivity index (χ1) is 14.6. The van der Waals surface area contributed by atoms with Crippen LogP contribution < -0.4 is 5.32 Å². The Balaban J connectivity index is 1.72. The Labute approximate surface area is 183 Å². The zero-order valence-electron chi connectivity index (χ0n) is 18.4. The number of hydrogen-bond donors (Lipinski definition) is 1. The van der Waals surface area contributed by atoms with Crippen molar-refractivity contribution in [2.24, 2.45) is 0 Å². The lowest BCUT2D eigenvalue weighted by molar-refractivity contribution is -0.116. The number of aromatic nitrogens is 2. The molecular weight excluding hydrogens is 418 g/mol. The van der Waals surface area contributed by atoms with E-state index < -0.39 is 10.0 Å². The smallest absolute Gasteiger partial charge is 0.253 e. The molecule has 1 saturated heterocycles. The quantitative estimate of drug-likeness (QED) is 0.729. The third-order valence-corrected chi connectivity index (χ3v) is 7.49. The van der Waals surface area contributed by atoms with E-state index in [4.69, 9.17) is 0 Å². The number of hydrogen-bond acceptors (Lipinski definition) is 5. The molecule has 1 aromatic heterocycles. The van der Waals surface area contributed by atoms with Crippen molar-refractivity contribution in [3.8, 4) is 0 Å². The van der Waals surface area contributed by atoms with Crippen LogP contribution in [-0.4, -0.2) is 66.4 Å². The highest BCUT2D eigenvalue weighted by molar-refractivity contribution is 7.89. The number of carbonyl (C=O) groups is 2. The van der Waals surface area contributed by atoms with Gasteiger partial charge in [0.05, 0.1) is 11.4 Å². The summed E-state index contributed by atoms with van der Waals surface area (Å²) in [6, 6.07) is 6.60. The summed E-state index contributed by atoms with van der Waals surface area (Å²) in [5.41, 5.74) is 1.91. The SMILES string of the molecule is Cc1nn(CC(=O)Nc2ccc(C(=O)N(C)C)cc2)c(C)c1S(=O)(=O)N1CCCCC1. The first kappa shape index (κ1) is 23.0. The first-order valence-corrected chi connectivity index (χ1v) is 11.7. The number of rotatable bonds is 6. The van der Waals surface area contributed by atoms with Crippen molar-refractivity contribution < 1.29 is 18.0 Å². The van der Waals surface area contributed by atoms with Crippen molar-refractivity contribution in [2.75, 3.05) is 32.5 Å². The fourth-order valence-corrected chi connectivity index (χ4v) is 5.62. The van der Waals surface area contributed by atoms with Gasteiger partial charge in [-0.2, -0.15) is 9.40 Å². The van der Waals surface area contributed by atoms with Gasteiger partial charge in [0.1, 0.15) is 11.4 Å². The van der Waals surface area contributed by atoms with Gasteiger partial charge in [0.15, 0.2) is 0 Å². The maximum atomic E-state index is 13.1. The van der Waals surface area contributed by atoms with Crippen molar-refractivity contribution in [2.45, 2.75) is 44.6 Å². The molecule has 9 nitrogen and oxygen atoms in total. The summed E-state index contributed by atoms with van der Waals surface area (Å²) in [7, 11) is -0.289. The van der Waals surface area contributed by atoms with Gasteiger partial charge in [-0.15, -0.1) is 0 Å². The number of carbonyl (C=O) groups excluding carboxylic acids is 2. The van der Waals surface area contributed by atoms with Gasteiger partial charge in [-0.25, -0.2) is 8.42 Å². The molecule has 0 unspecified atom stereocenters. The molecule has 2 heterocycles. The number of nitrogens with zero attached hydrogens (tertiary/aromatic N) is 4. The zero-order valence-corrected chi connectivity index (χ0v) is 19.2. The van der Waals surface area contributed by atoms with Gasteiger partial charge in [0, 0.05) is 38.4 Å². The minimum atomic E-state index is -3.63. The number of nitrogens with one attached hydrogen (secondary N) is 1. The first-order valence-electron chi connectivity index (χ1n) is 10.3. The van der Waals surface area contributed by atoms with E-state index in [9.17, 15) is 18.0 Å². The lowest BCUT2D eigenvalue weighted by atomic mass is 10.2. The standard InChI is InChI=1S/C21H29N5O4S/c1-15-20(31(29,30)25-12-6-5-7-13-25)16(2)26(23-15)14-19(27)22-18-10-8-17(9-11-18)21(28)24(3)4/h8-11H,5-7,12-14H2,1-4H3,(H,22,27). The largest absolute Gasteiger partial charge is 0.345 e. The predicted molar refractivity (Wildman–Crippen MR) is 117 cm³/mol. The van der Waals surface area contributed by atoms with Crippen LogP contribution in [-0.2, 0) is 21.4 Å². The molecule has 31 heavy (non-hydrogen) atoms. The monoisotopic (exact) mass is 447 g/mol. The Kier molecular flexibility index (Phi) is 6.80. The second kappa shape index (κ2) is 9.19. The van der Waals surface area contributed by atoms with Crippen molar-refractivity contribution in [1.82, 2.24) is 19.0 Å². The Morgan fingerprint density at radius 1 is 1.06 bits per heavy atom. The minimum absolute atomic E-state index is 0.111. The Morgan fingerprint density at radius 3 is 2.26 bits per heavy atom. The molecule has 2 amide bonds. The normalized spacial score (nSPS) is 15.0. The number of amides is 2. The molecule has 2 aromatic rings. The summed E-state index contributed by atoms with van der Waals surface area (Å²) in [6.07, 6.45) is 2.74. The zero-order chi connectivity index (χ0) is 22.8. The lowest BCUT2D eigenvalue weighted by Gasteiger charge is -2.25. The van der Waals surface area contributed by atoms with Crippen LogP contribution in [0.4, 0.5) is 5.69 Å². The molecule has 1 aromatic carbocycles. The van der Waals surface area contributed by atoms with Gasteiger partial charge >= 0.3 is 0 Å². The molecule has 1 aliphatic heterocycles. The molecule has 1 N–H and O–H groups in total. The maximum absolute atomic E-state index is 13.1. The van der Waals surface area contributed by atoms with E-state index in [1.807, 2.05) is 0 Å². The minimum Gasteiger partial charge on any atom is -0.345 e. The Bertz CT molecular complexity index is 1070. The van der Waals surface area contributed by atoms with Crippen LogP contribution in [0.1, 0.15) is 41.0 Å². The van der Waals surface area contributed by atoms with Crippen LogP contribution in [0, 0.1) is 13.8 Å². The number of piperidine rings is 1. The summed E-state index contributed by atoms with van der Waals surface area (Å²) in [5, 5.41) is 7.07. The van der Waals surface area contributed by atoms with E-state index in [-0.39, 0.29) is 23.3 Å². The van der Waals surface area contributed by atoms with Gasteiger partial charge in [-0.05, 0) is 51.0 Å². The van der Waals surface area contributed by atoms with Gasteiger partial charge in [0.25, 0.3) is 5.91 Å². The average molecular weight is 448 g/mol. The summed E-state index contributed by atoms with van der Waals surface area (Å²) < 4.78 is 29.1. The van der Waals surface area contributed by atoms with Crippen molar-refractivity contribution in [3.05, 3.63) is 41.2 Å². The Hall–Kier alpha value is -2.72. The van der Waals surface area contributed by atoms with E-state index in [0.29, 0.717) is 35.7 Å². The number of sulfonamides is 1. The third-order valence-electron chi connectivity index (χ3n) is 5.34. The topological polar surface area (TPSA) is 105 Å². The predicted octanol–water partition coefficient (Wildman–Crippen LogP) is 2.02. The molecule has 168 valence electrons. The molecular formula is C21H29N5O4S. The van der Waals surface area contributed by atoms with Crippen LogP contribution >= 0.6 is 0 Å². The highest BCUT2D eigenvalue weighted by atomic mass is 32.2. The van der Waals surface area contributed by atoms with Crippen LogP contribution in [0.2, 0.25) is 0 Å². The third kappa shape index (κ3) is 4.96. The van der Waals surface area contributed by atoms with Crippen molar-refractivity contribution >= 4 is 27.5 Å². The van der Waals surface area contributed by atoms with Crippen LogP contribution in [0.5, 0.6) is 0 Å². The summed E-state index contributed by atoms with van der Waals surface area (Å²) in [4.78, 5) is 26.2. The van der Waals surface area contributed by atoms with Gasteiger partial charge < -0.3 is 10.2 Å². The van der Waals surface area contributed by atoms with Crippen molar-refractivity contribution in [3.63, 3.8) is 0 Å². The molecule has 0 spiro atoms. The molecule has 0 saturated carbocycles. The molecule has 3 rings (SSSR count). The summed E-state index contributed by atoms with van der Waals surface area (Å²) in [5.74, 6) is -0.456. The fourth-order valence-electron chi connectivity index (χ4n) is 3.73. The molecule has 0 bridgehead atoms. The highest BCUT2D eigenvalue weighted by Gasteiger charge is 2.32. The second-order valence-electron chi connectivity index (χ2n) is 7.95. The molecule has 0 aliphatic carbocycles. The molecule has 1 aliphatic rings. The molecule has 0 atom stereocenters. The van der Waals surface area contributed by atoms with E-state index >= 15 is 0 Å². The lowest BCUT2D eigenvalue weighted by Crippen LogP contribution is -2.36. The Morgan fingerprint density at radius 2 is 1.68 bits per heavy atom. The second-order valence-corrected chi connectivity index (χ2v) is 9.82. The molecule has 1 fully saturated rings. The van der Waals surface area contributed by atoms with Crippen LogP contribution in [0.3, 0.4) is 0 Å². The maximum Gasteiger partial charge on any atom is 0.253 e. The van der Waals surface area contributed by atoms with E-state index in [1.165, 1.54) is 13.9 Å². The average Bonchev–Trinajstić information content (AvgIpc) is 3.01. The number of anilines is 1. The van der Waals surface area contributed by atoms with Crippen LogP contribution in [0.25, 0.3) is 0 Å². The summed E-state index contributed by atoms with van der Waals surface area (Å²) in [6.45, 7) is 4.24. The van der Waals surface area contributed by atoms with Gasteiger partial charge in [0.2, 0.25) is 15.9 Å². The fraction of sp³-hybridized carbons (Fsp3) is 0.476.